The fourth-order valence-corrected chi connectivity index (χ4v) is 3.26. The molecule has 1 aliphatic carbocycles. The van der Waals surface area contributed by atoms with Gasteiger partial charge in [0.1, 0.15) is 5.84 Å². The molecule has 0 atom stereocenters. The van der Waals surface area contributed by atoms with Gasteiger partial charge in [0.25, 0.3) is 0 Å². The van der Waals surface area contributed by atoms with Gasteiger partial charge in [0.2, 0.25) is 5.88 Å². The molecule has 2 heterocycles. The number of nitrogens with zero attached hydrogens (tertiary/aromatic N) is 2. The number of rotatable bonds is 6. The minimum atomic E-state index is 0.451. The van der Waals surface area contributed by atoms with Crippen molar-refractivity contribution in [1.29, 1.82) is 5.41 Å². The SMILES string of the molecule is C/C(N)=C/C(C(=N)N1CCC(NCC(C)C)CC1)=C1\NC(C2CC2)=NO1. The average molecular weight is 361 g/mol. The van der Waals surface area contributed by atoms with Crippen LogP contribution in [-0.2, 0) is 4.84 Å². The Labute approximate surface area is 156 Å². The number of allylic oxidation sites excluding steroid dienone is 1. The van der Waals surface area contributed by atoms with Crippen LogP contribution >= 0.6 is 0 Å². The zero-order valence-corrected chi connectivity index (χ0v) is 16.1. The van der Waals surface area contributed by atoms with E-state index in [0.29, 0.717) is 40.9 Å². The van der Waals surface area contributed by atoms with Crippen molar-refractivity contribution in [3.8, 4) is 0 Å². The van der Waals surface area contributed by atoms with E-state index in [2.05, 4.69) is 34.5 Å². The van der Waals surface area contributed by atoms with Gasteiger partial charge in [0.15, 0.2) is 5.84 Å². The number of piperidine rings is 1. The van der Waals surface area contributed by atoms with Gasteiger partial charge in [-0.3, -0.25) is 5.41 Å². The third-order valence-corrected chi connectivity index (χ3v) is 4.94. The van der Waals surface area contributed by atoms with Crippen LogP contribution in [-0.4, -0.2) is 42.2 Å². The summed E-state index contributed by atoms with van der Waals surface area (Å²) in [5.41, 5.74) is 7.23. The molecule has 2 aliphatic heterocycles. The number of oxime groups is 1. The Bertz CT molecular complexity index is 620. The molecular formula is C19H32N6O. The molecule has 1 saturated carbocycles. The van der Waals surface area contributed by atoms with Crippen LogP contribution in [0.25, 0.3) is 0 Å². The molecule has 0 aromatic heterocycles. The summed E-state index contributed by atoms with van der Waals surface area (Å²) in [7, 11) is 0. The van der Waals surface area contributed by atoms with Gasteiger partial charge in [0, 0.05) is 30.7 Å². The molecule has 0 unspecified atom stereocenters. The standard InChI is InChI=1S/C19H32N6O/c1-12(2)11-22-15-6-8-25(9-7-15)17(21)16(10-13(3)20)19-23-18(24-26-19)14-4-5-14/h10,12,14-15,21-22H,4-9,11,20H2,1-3H3,(H,23,24)/b13-10-,19-16-,21-17?. The summed E-state index contributed by atoms with van der Waals surface area (Å²) in [5, 5.41) is 19.7. The average Bonchev–Trinajstić information content (AvgIpc) is 3.35. The minimum absolute atomic E-state index is 0.451. The zero-order chi connectivity index (χ0) is 18.7. The van der Waals surface area contributed by atoms with Crippen molar-refractivity contribution in [3.63, 3.8) is 0 Å². The van der Waals surface area contributed by atoms with Crippen LogP contribution in [0, 0.1) is 17.2 Å². The molecule has 1 saturated heterocycles. The summed E-state index contributed by atoms with van der Waals surface area (Å²) in [6.45, 7) is 9.05. The van der Waals surface area contributed by atoms with Crippen LogP contribution in [0.3, 0.4) is 0 Å². The molecule has 0 radical (unpaired) electrons. The maximum absolute atomic E-state index is 8.70. The lowest BCUT2D eigenvalue weighted by atomic mass is 10.0. The molecule has 5 N–H and O–H groups in total. The van der Waals surface area contributed by atoms with Gasteiger partial charge in [-0.1, -0.05) is 19.0 Å². The summed E-state index contributed by atoms with van der Waals surface area (Å²) in [4.78, 5) is 7.61. The van der Waals surface area contributed by atoms with E-state index in [4.69, 9.17) is 16.0 Å². The van der Waals surface area contributed by atoms with Gasteiger partial charge < -0.3 is 26.1 Å². The second-order valence-corrected chi connectivity index (χ2v) is 8.01. The quantitative estimate of drug-likeness (QED) is 0.429. The predicted octanol–water partition coefficient (Wildman–Crippen LogP) is 2.09. The topological polar surface area (TPSA) is 98.8 Å². The van der Waals surface area contributed by atoms with Gasteiger partial charge in [-0.25, -0.2) is 0 Å². The number of nitrogens with one attached hydrogen (secondary N) is 3. The second-order valence-electron chi connectivity index (χ2n) is 8.01. The Morgan fingerprint density at radius 2 is 2.08 bits per heavy atom. The van der Waals surface area contributed by atoms with E-state index in [-0.39, 0.29) is 0 Å². The Morgan fingerprint density at radius 3 is 2.65 bits per heavy atom. The van der Waals surface area contributed by atoms with Crippen molar-refractivity contribution in [1.82, 2.24) is 15.5 Å². The number of likely N-dealkylation sites (tertiary alicyclic amines) is 1. The molecule has 0 bridgehead atoms. The van der Waals surface area contributed by atoms with E-state index in [1.807, 2.05) is 6.92 Å². The predicted molar refractivity (Wildman–Crippen MR) is 105 cm³/mol. The number of hydrogen-bond acceptors (Lipinski definition) is 6. The third kappa shape index (κ3) is 4.78. The molecule has 2 fully saturated rings. The van der Waals surface area contributed by atoms with E-state index < -0.39 is 0 Å². The molecule has 26 heavy (non-hydrogen) atoms. The molecular weight excluding hydrogens is 328 g/mol. The Balaban J connectivity index is 1.63. The molecule has 7 nitrogen and oxygen atoms in total. The van der Waals surface area contributed by atoms with E-state index in [9.17, 15) is 0 Å². The van der Waals surface area contributed by atoms with Crippen molar-refractivity contribution < 1.29 is 4.84 Å². The van der Waals surface area contributed by atoms with Crippen LogP contribution < -0.4 is 16.4 Å². The first kappa shape index (κ1) is 18.8. The van der Waals surface area contributed by atoms with Gasteiger partial charge in [-0.15, -0.1) is 0 Å². The molecule has 0 amide bonds. The molecule has 0 aromatic carbocycles. The number of nitrogens with two attached hydrogens (primary N) is 1. The second kappa shape index (κ2) is 8.12. The fourth-order valence-electron chi connectivity index (χ4n) is 3.26. The Morgan fingerprint density at radius 1 is 1.38 bits per heavy atom. The molecule has 0 aromatic rings. The lowest BCUT2D eigenvalue weighted by molar-refractivity contribution is 0.234. The van der Waals surface area contributed by atoms with E-state index in [0.717, 1.165) is 51.2 Å². The first-order valence-corrected chi connectivity index (χ1v) is 9.71. The summed E-state index contributed by atoms with van der Waals surface area (Å²) >= 11 is 0. The van der Waals surface area contributed by atoms with Crippen LogP contribution in [0.1, 0.15) is 46.5 Å². The molecule has 7 heteroatoms. The Hall–Kier alpha value is -2.02. The first-order chi connectivity index (χ1) is 12.4. The summed E-state index contributed by atoms with van der Waals surface area (Å²) in [6.07, 6.45) is 6.19. The van der Waals surface area contributed by atoms with Gasteiger partial charge >= 0.3 is 0 Å². The normalized spacial score (nSPS) is 23.6. The van der Waals surface area contributed by atoms with Crippen molar-refractivity contribution in [2.75, 3.05) is 19.6 Å². The molecule has 0 spiro atoms. The van der Waals surface area contributed by atoms with E-state index >= 15 is 0 Å². The van der Waals surface area contributed by atoms with E-state index in [1.54, 1.807) is 6.08 Å². The van der Waals surface area contributed by atoms with Crippen molar-refractivity contribution >= 4 is 11.7 Å². The lowest BCUT2D eigenvalue weighted by Gasteiger charge is -2.34. The highest BCUT2D eigenvalue weighted by molar-refractivity contribution is 6.00. The maximum Gasteiger partial charge on any atom is 0.239 e. The summed E-state index contributed by atoms with van der Waals surface area (Å²) in [6, 6.07) is 0.537. The minimum Gasteiger partial charge on any atom is -0.402 e. The lowest BCUT2D eigenvalue weighted by Crippen LogP contribution is -2.46. The summed E-state index contributed by atoms with van der Waals surface area (Å²) < 4.78 is 0. The number of hydrogen-bond donors (Lipinski definition) is 4. The van der Waals surface area contributed by atoms with Gasteiger partial charge in [-0.05, 0) is 51.1 Å². The van der Waals surface area contributed by atoms with Crippen LogP contribution in [0.2, 0.25) is 0 Å². The van der Waals surface area contributed by atoms with Crippen molar-refractivity contribution in [2.45, 2.75) is 52.5 Å². The van der Waals surface area contributed by atoms with Crippen molar-refractivity contribution in [2.24, 2.45) is 22.7 Å². The molecule has 144 valence electrons. The van der Waals surface area contributed by atoms with Crippen molar-refractivity contribution in [3.05, 3.63) is 23.2 Å². The highest BCUT2D eigenvalue weighted by Gasteiger charge is 2.34. The highest BCUT2D eigenvalue weighted by Crippen LogP contribution is 2.32. The summed E-state index contributed by atoms with van der Waals surface area (Å²) in [5.74, 6) is 3.00. The highest BCUT2D eigenvalue weighted by atomic mass is 16.7. The largest absolute Gasteiger partial charge is 0.402 e. The smallest absolute Gasteiger partial charge is 0.239 e. The van der Waals surface area contributed by atoms with Crippen LogP contribution in [0.15, 0.2) is 28.4 Å². The monoisotopic (exact) mass is 360 g/mol. The van der Waals surface area contributed by atoms with E-state index in [1.165, 1.54) is 0 Å². The molecule has 3 aliphatic rings. The molecule has 3 rings (SSSR count). The maximum atomic E-state index is 8.70. The Kier molecular flexibility index (Phi) is 5.86. The third-order valence-electron chi connectivity index (χ3n) is 4.94. The van der Waals surface area contributed by atoms with Gasteiger partial charge in [-0.2, -0.15) is 0 Å². The first-order valence-electron chi connectivity index (χ1n) is 9.71. The number of amidine groups is 2. The van der Waals surface area contributed by atoms with Crippen LogP contribution in [0.4, 0.5) is 0 Å². The zero-order valence-electron chi connectivity index (χ0n) is 16.1. The van der Waals surface area contributed by atoms with Crippen LogP contribution in [0.5, 0.6) is 0 Å². The fraction of sp³-hybridized carbons (Fsp3) is 0.684. The van der Waals surface area contributed by atoms with Gasteiger partial charge in [0.05, 0.1) is 5.57 Å².